The predicted molar refractivity (Wildman–Crippen MR) is 69.2 cm³/mol. The molecule has 1 fully saturated rings. The van der Waals surface area contributed by atoms with Crippen LogP contribution in [0.15, 0.2) is 30.3 Å². The van der Waals surface area contributed by atoms with Crippen LogP contribution in [-0.4, -0.2) is 17.2 Å². The number of ether oxygens (including phenoxy) is 1. The quantitative estimate of drug-likeness (QED) is 0.870. The van der Waals surface area contributed by atoms with Gasteiger partial charge in [-0.1, -0.05) is 43.2 Å². The fourth-order valence-electron chi connectivity index (χ4n) is 2.63. The van der Waals surface area contributed by atoms with Gasteiger partial charge in [-0.15, -0.1) is 0 Å². The van der Waals surface area contributed by atoms with Crippen molar-refractivity contribution in [3.05, 3.63) is 35.9 Å². The number of aliphatic carboxylic acids is 1. The normalized spacial score (nSPS) is 23.8. The SMILES string of the molecule is O=C(O)CC1CCCCC1OCc1ccccc1. The molecule has 2 atom stereocenters. The van der Waals surface area contributed by atoms with E-state index in [0.29, 0.717) is 6.61 Å². The Kier molecular flexibility index (Phi) is 4.76. The molecule has 0 heterocycles. The van der Waals surface area contributed by atoms with E-state index in [4.69, 9.17) is 9.84 Å². The Bertz CT molecular complexity index is 375. The maximum absolute atomic E-state index is 10.8. The summed E-state index contributed by atoms with van der Waals surface area (Å²) in [5.41, 5.74) is 1.15. The third-order valence-electron chi connectivity index (χ3n) is 3.58. The highest BCUT2D eigenvalue weighted by atomic mass is 16.5. The molecule has 0 saturated heterocycles. The highest BCUT2D eigenvalue weighted by Crippen LogP contribution is 2.30. The highest BCUT2D eigenvalue weighted by molar-refractivity contribution is 5.67. The summed E-state index contributed by atoms with van der Waals surface area (Å²) in [6.07, 6.45) is 4.59. The first-order chi connectivity index (χ1) is 8.75. The second-order valence-electron chi connectivity index (χ2n) is 4.98. The molecule has 18 heavy (non-hydrogen) atoms. The maximum Gasteiger partial charge on any atom is 0.303 e. The van der Waals surface area contributed by atoms with Gasteiger partial charge in [-0.3, -0.25) is 4.79 Å². The van der Waals surface area contributed by atoms with Crippen molar-refractivity contribution in [2.75, 3.05) is 0 Å². The Morgan fingerprint density at radius 1 is 1.22 bits per heavy atom. The maximum atomic E-state index is 10.8. The molecule has 1 aliphatic carbocycles. The van der Waals surface area contributed by atoms with Crippen molar-refractivity contribution in [3.8, 4) is 0 Å². The Morgan fingerprint density at radius 3 is 2.67 bits per heavy atom. The van der Waals surface area contributed by atoms with E-state index in [0.717, 1.165) is 31.2 Å². The summed E-state index contributed by atoms with van der Waals surface area (Å²) >= 11 is 0. The van der Waals surface area contributed by atoms with Crippen molar-refractivity contribution < 1.29 is 14.6 Å². The molecular formula is C15H20O3. The summed E-state index contributed by atoms with van der Waals surface area (Å²) in [7, 11) is 0. The summed E-state index contributed by atoms with van der Waals surface area (Å²) in [5.74, 6) is -0.532. The van der Waals surface area contributed by atoms with E-state index >= 15 is 0 Å². The van der Waals surface area contributed by atoms with Crippen LogP contribution in [0.5, 0.6) is 0 Å². The molecule has 1 saturated carbocycles. The standard InChI is InChI=1S/C15H20O3/c16-15(17)10-13-8-4-5-9-14(13)18-11-12-6-2-1-3-7-12/h1-3,6-7,13-14H,4-5,8-11H2,(H,16,17). The van der Waals surface area contributed by atoms with Crippen LogP contribution in [0.1, 0.15) is 37.7 Å². The monoisotopic (exact) mass is 248 g/mol. The van der Waals surface area contributed by atoms with Gasteiger partial charge in [0.25, 0.3) is 0 Å². The van der Waals surface area contributed by atoms with Gasteiger partial charge in [0, 0.05) is 0 Å². The minimum atomic E-state index is -0.713. The third-order valence-corrected chi connectivity index (χ3v) is 3.58. The van der Waals surface area contributed by atoms with Crippen LogP contribution < -0.4 is 0 Å². The molecule has 1 N–H and O–H groups in total. The molecular weight excluding hydrogens is 228 g/mol. The van der Waals surface area contributed by atoms with Crippen LogP contribution in [-0.2, 0) is 16.1 Å². The van der Waals surface area contributed by atoms with Gasteiger partial charge in [0.2, 0.25) is 0 Å². The van der Waals surface area contributed by atoms with E-state index in [-0.39, 0.29) is 18.4 Å². The lowest BCUT2D eigenvalue weighted by Gasteiger charge is -2.30. The Labute approximate surface area is 108 Å². The number of rotatable bonds is 5. The van der Waals surface area contributed by atoms with Gasteiger partial charge >= 0.3 is 5.97 Å². The average Bonchev–Trinajstić information content (AvgIpc) is 2.38. The van der Waals surface area contributed by atoms with Crippen LogP contribution in [0.2, 0.25) is 0 Å². The summed E-state index contributed by atoms with van der Waals surface area (Å²) in [5, 5.41) is 8.91. The van der Waals surface area contributed by atoms with Crippen LogP contribution >= 0.6 is 0 Å². The molecule has 2 unspecified atom stereocenters. The van der Waals surface area contributed by atoms with Crippen LogP contribution in [0, 0.1) is 5.92 Å². The second kappa shape index (κ2) is 6.55. The number of hydrogen-bond acceptors (Lipinski definition) is 2. The molecule has 0 spiro atoms. The van der Waals surface area contributed by atoms with Gasteiger partial charge < -0.3 is 9.84 Å². The molecule has 0 aliphatic heterocycles. The van der Waals surface area contributed by atoms with Crippen molar-refractivity contribution in [3.63, 3.8) is 0 Å². The van der Waals surface area contributed by atoms with Gasteiger partial charge in [0.15, 0.2) is 0 Å². The number of carboxylic acid groups (broad SMARTS) is 1. The first kappa shape index (κ1) is 13.1. The van der Waals surface area contributed by atoms with E-state index in [2.05, 4.69) is 0 Å². The molecule has 1 aliphatic rings. The predicted octanol–water partition coefficient (Wildman–Crippen LogP) is 3.24. The van der Waals surface area contributed by atoms with Crippen molar-refractivity contribution in [1.82, 2.24) is 0 Å². The lowest BCUT2D eigenvalue weighted by Crippen LogP contribution is -2.29. The summed E-state index contributed by atoms with van der Waals surface area (Å²) in [6, 6.07) is 10.0. The zero-order valence-electron chi connectivity index (χ0n) is 10.5. The molecule has 1 aromatic rings. The third kappa shape index (κ3) is 3.84. The van der Waals surface area contributed by atoms with E-state index in [1.807, 2.05) is 30.3 Å². The fraction of sp³-hybridized carbons (Fsp3) is 0.533. The molecule has 3 nitrogen and oxygen atoms in total. The Balaban J connectivity index is 1.87. The number of benzene rings is 1. The minimum Gasteiger partial charge on any atom is -0.481 e. The van der Waals surface area contributed by atoms with Gasteiger partial charge in [-0.05, 0) is 24.3 Å². The van der Waals surface area contributed by atoms with Crippen molar-refractivity contribution in [2.45, 2.75) is 44.8 Å². The molecule has 0 aromatic heterocycles. The number of hydrogen-bond donors (Lipinski definition) is 1. The van der Waals surface area contributed by atoms with Crippen LogP contribution in [0.3, 0.4) is 0 Å². The summed E-state index contributed by atoms with van der Waals surface area (Å²) in [4.78, 5) is 10.8. The highest BCUT2D eigenvalue weighted by Gasteiger charge is 2.27. The minimum absolute atomic E-state index is 0.107. The lowest BCUT2D eigenvalue weighted by atomic mass is 9.84. The molecule has 0 amide bonds. The zero-order chi connectivity index (χ0) is 12.8. The van der Waals surface area contributed by atoms with E-state index in [1.165, 1.54) is 0 Å². The molecule has 98 valence electrons. The molecule has 1 aromatic carbocycles. The van der Waals surface area contributed by atoms with E-state index in [1.54, 1.807) is 0 Å². The summed E-state index contributed by atoms with van der Waals surface area (Å²) in [6.45, 7) is 0.585. The molecule has 3 heteroatoms. The zero-order valence-corrected chi connectivity index (χ0v) is 10.5. The molecule has 0 bridgehead atoms. The van der Waals surface area contributed by atoms with E-state index < -0.39 is 5.97 Å². The molecule has 0 radical (unpaired) electrons. The van der Waals surface area contributed by atoms with Crippen LogP contribution in [0.25, 0.3) is 0 Å². The summed E-state index contributed by atoms with van der Waals surface area (Å²) < 4.78 is 5.92. The molecule has 2 rings (SSSR count). The topological polar surface area (TPSA) is 46.5 Å². The van der Waals surface area contributed by atoms with Gasteiger partial charge in [0.1, 0.15) is 0 Å². The van der Waals surface area contributed by atoms with Crippen molar-refractivity contribution >= 4 is 5.97 Å². The number of carboxylic acids is 1. The van der Waals surface area contributed by atoms with Gasteiger partial charge in [-0.25, -0.2) is 0 Å². The van der Waals surface area contributed by atoms with Crippen molar-refractivity contribution in [1.29, 1.82) is 0 Å². The Morgan fingerprint density at radius 2 is 1.94 bits per heavy atom. The largest absolute Gasteiger partial charge is 0.481 e. The van der Waals surface area contributed by atoms with Gasteiger partial charge in [-0.2, -0.15) is 0 Å². The average molecular weight is 248 g/mol. The van der Waals surface area contributed by atoms with Crippen molar-refractivity contribution in [2.24, 2.45) is 5.92 Å². The Hall–Kier alpha value is -1.35. The smallest absolute Gasteiger partial charge is 0.303 e. The second-order valence-corrected chi connectivity index (χ2v) is 4.98. The first-order valence-corrected chi connectivity index (χ1v) is 6.63. The fourth-order valence-corrected chi connectivity index (χ4v) is 2.63. The van der Waals surface area contributed by atoms with Crippen LogP contribution in [0.4, 0.5) is 0 Å². The number of carbonyl (C=O) groups is 1. The first-order valence-electron chi connectivity index (χ1n) is 6.63. The van der Waals surface area contributed by atoms with Gasteiger partial charge in [0.05, 0.1) is 19.1 Å². The lowest BCUT2D eigenvalue weighted by molar-refractivity contribution is -0.140. The van der Waals surface area contributed by atoms with E-state index in [9.17, 15) is 4.79 Å².